The van der Waals surface area contributed by atoms with Gasteiger partial charge in [-0.1, -0.05) is 0 Å². The second-order valence-electron chi connectivity index (χ2n) is 1.81. The van der Waals surface area contributed by atoms with Gasteiger partial charge in [0.1, 0.15) is 0 Å². The van der Waals surface area contributed by atoms with E-state index >= 15 is 0 Å². The highest BCUT2D eigenvalue weighted by Crippen LogP contribution is 2.32. The molecular weight excluding hydrogens is 236 g/mol. The molecule has 0 aromatic carbocycles. The number of hydrogen-bond donors (Lipinski definition) is 4. The molecule has 0 aliphatic heterocycles. The van der Waals surface area contributed by atoms with Crippen LogP contribution in [-0.2, 0) is 4.18 Å². The topological polar surface area (TPSA) is 39.4 Å². The van der Waals surface area contributed by atoms with Gasteiger partial charge in [-0.3, -0.25) is 0 Å². The third kappa shape index (κ3) is 1.73. The van der Waals surface area contributed by atoms with Crippen molar-refractivity contribution in [3.8, 4) is 0 Å². The fourth-order valence-electron chi connectivity index (χ4n) is 0.582. The van der Waals surface area contributed by atoms with Gasteiger partial charge in [0.15, 0.2) is 5.09 Å². The van der Waals surface area contributed by atoms with Crippen LogP contribution in [0.25, 0.3) is 0 Å². The maximum absolute atomic E-state index is 10.9. The van der Waals surface area contributed by atoms with Crippen LogP contribution >= 0.6 is 50.8 Å². The van der Waals surface area contributed by atoms with Crippen molar-refractivity contribution in [2.24, 2.45) is 0 Å². The van der Waals surface area contributed by atoms with Gasteiger partial charge >= 0.3 is 5.97 Å². The Bertz CT molecular complexity index is 319. The van der Waals surface area contributed by atoms with E-state index in [-0.39, 0.29) is 10.9 Å². The molecule has 1 rings (SSSR count). The van der Waals surface area contributed by atoms with Crippen LogP contribution in [0.5, 0.6) is 0 Å². The lowest BCUT2D eigenvalue weighted by atomic mass is 10.4. The SMILES string of the molecule is O=C(OS)c1oc(S)c(S)c1S. The van der Waals surface area contributed by atoms with E-state index in [9.17, 15) is 4.79 Å². The minimum Gasteiger partial charge on any atom is -0.441 e. The Balaban J connectivity index is 3.17. The minimum absolute atomic E-state index is 0.0525. The van der Waals surface area contributed by atoms with Gasteiger partial charge < -0.3 is 8.60 Å². The van der Waals surface area contributed by atoms with Crippen LogP contribution in [0.15, 0.2) is 19.3 Å². The first-order valence-electron chi connectivity index (χ1n) is 2.67. The Morgan fingerprint density at radius 3 is 2.17 bits per heavy atom. The zero-order valence-electron chi connectivity index (χ0n) is 5.51. The third-order valence-corrected chi connectivity index (χ3v) is 2.80. The summed E-state index contributed by atoms with van der Waals surface area (Å²) in [5, 5.41) is 0.220. The maximum atomic E-state index is 10.9. The minimum atomic E-state index is -0.723. The van der Waals surface area contributed by atoms with Crippen LogP contribution in [0.2, 0.25) is 0 Å². The predicted molar refractivity (Wildman–Crippen MR) is 54.9 cm³/mol. The van der Waals surface area contributed by atoms with Crippen molar-refractivity contribution in [1.82, 2.24) is 0 Å². The molecule has 0 atom stereocenters. The van der Waals surface area contributed by atoms with E-state index in [4.69, 9.17) is 4.42 Å². The summed E-state index contributed by atoms with van der Waals surface area (Å²) in [4.78, 5) is 11.6. The van der Waals surface area contributed by atoms with Gasteiger partial charge in [0.25, 0.3) is 0 Å². The standard InChI is InChI=1S/C5H4O3S4/c6-4(8-12)1-2(9)3(10)5(11)7-1/h9-12H. The molecule has 0 fully saturated rings. The molecule has 12 heavy (non-hydrogen) atoms. The first kappa shape index (κ1) is 10.2. The first-order chi connectivity index (χ1) is 5.57. The van der Waals surface area contributed by atoms with Gasteiger partial charge in [-0.25, -0.2) is 4.79 Å². The van der Waals surface area contributed by atoms with Crippen molar-refractivity contribution in [2.45, 2.75) is 14.9 Å². The molecule has 0 aliphatic rings. The normalized spacial score (nSPS) is 10.0. The molecule has 3 nitrogen and oxygen atoms in total. The Morgan fingerprint density at radius 2 is 1.83 bits per heavy atom. The Hall–Kier alpha value is 0.150. The molecule has 0 amide bonds. The summed E-state index contributed by atoms with van der Waals surface area (Å²) in [6.07, 6.45) is 0. The second-order valence-corrected chi connectivity index (χ2v) is 3.30. The van der Waals surface area contributed by atoms with E-state index in [0.29, 0.717) is 9.79 Å². The monoisotopic (exact) mass is 240 g/mol. The number of rotatable bonds is 1. The summed E-state index contributed by atoms with van der Waals surface area (Å²) < 4.78 is 9.02. The van der Waals surface area contributed by atoms with E-state index in [2.05, 4.69) is 55.0 Å². The van der Waals surface area contributed by atoms with Crippen LogP contribution < -0.4 is 0 Å². The molecule has 1 aromatic heterocycles. The summed E-state index contributed by atoms with van der Waals surface area (Å²) in [6, 6.07) is 0. The molecule has 1 aromatic rings. The summed E-state index contributed by atoms with van der Waals surface area (Å²) in [5.74, 6) is -0.776. The molecular formula is C5H4O3S4. The number of carbonyl (C=O) groups is 1. The van der Waals surface area contributed by atoms with Crippen molar-refractivity contribution in [3.63, 3.8) is 0 Å². The molecule has 66 valence electrons. The summed E-state index contributed by atoms with van der Waals surface area (Å²) in [7, 11) is 0. The van der Waals surface area contributed by atoms with Crippen LogP contribution in [0.4, 0.5) is 0 Å². The van der Waals surface area contributed by atoms with Gasteiger partial charge in [0.2, 0.25) is 5.76 Å². The summed E-state index contributed by atoms with van der Waals surface area (Å²) in [6.45, 7) is 0. The van der Waals surface area contributed by atoms with Gasteiger partial charge in [-0.05, 0) is 0 Å². The van der Waals surface area contributed by atoms with Gasteiger partial charge in [0.05, 0.1) is 9.79 Å². The molecule has 0 aliphatic carbocycles. The van der Waals surface area contributed by atoms with E-state index < -0.39 is 5.97 Å². The zero-order valence-corrected chi connectivity index (χ0v) is 9.09. The Kier molecular flexibility index (Phi) is 3.33. The molecule has 0 unspecified atom stereocenters. The van der Waals surface area contributed by atoms with Gasteiger partial charge in [-0.15, -0.1) is 37.9 Å². The lowest BCUT2D eigenvalue weighted by molar-refractivity contribution is 0.0729. The summed E-state index contributed by atoms with van der Waals surface area (Å²) >= 11 is 15.2. The van der Waals surface area contributed by atoms with E-state index in [1.54, 1.807) is 0 Å². The van der Waals surface area contributed by atoms with E-state index in [0.717, 1.165) is 0 Å². The first-order valence-corrected chi connectivity index (χ1v) is 4.38. The largest absolute Gasteiger partial charge is 0.441 e. The molecule has 0 spiro atoms. The molecule has 0 saturated carbocycles. The predicted octanol–water partition coefficient (Wildman–Crippen LogP) is 2.15. The highest BCUT2D eigenvalue weighted by molar-refractivity contribution is 7.85. The summed E-state index contributed by atoms with van der Waals surface area (Å²) in [5.41, 5.74) is 0. The fourth-order valence-corrected chi connectivity index (χ4v) is 1.34. The molecule has 0 radical (unpaired) electrons. The number of carbonyl (C=O) groups excluding carboxylic acids is 1. The van der Waals surface area contributed by atoms with Crippen LogP contribution in [0.1, 0.15) is 10.6 Å². The van der Waals surface area contributed by atoms with Crippen LogP contribution in [0.3, 0.4) is 0 Å². The molecule has 0 N–H and O–H groups in total. The second kappa shape index (κ2) is 3.91. The Morgan fingerprint density at radius 1 is 1.25 bits per heavy atom. The van der Waals surface area contributed by atoms with Crippen LogP contribution in [0, 0.1) is 0 Å². The Labute approximate surface area is 90.7 Å². The average Bonchev–Trinajstić information content (AvgIpc) is 2.32. The fraction of sp³-hybridized carbons (Fsp3) is 0. The lowest BCUT2D eigenvalue weighted by Gasteiger charge is -1.91. The molecule has 7 heteroatoms. The van der Waals surface area contributed by atoms with Crippen molar-refractivity contribution in [3.05, 3.63) is 5.76 Å². The van der Waals surface area contributed by atoms with Crippen molar-refractivity contribution in [2.75, 3.05) is 0 Å². The van der Waals surface area contributed by atoms with Crippen molar-refractivity contribution >= 4 is 56.8 Å². The van der Waals surface area contributed by atoms with Crippen LogP contribution in [-0.4, -0.2) is 5.97 Å². The van der Waals surface area contributed by atoms with Gasteiger partial charge in [-0.2, -0.15) is 0 Å². The van der Waals surface area contributed by atoms with Crippen molar-refractivity contribution < 1.29 is 13.4 Å². The number of thiol groups is 4. The highest BCUT2D eigenvalue weighted by Gasteiger charge is 2.20. The van der Waals surface area contributed by atoms with Crippen molar-refractivity contribution in [1.29, 1.82) is 0 Å². The molecule has 0 bridgehead atoms. The maximum Gasteiger partial charge on any atom is 0.387 e. The van der Waals surface area contributed by atoms with E-state index in [1.807, 2.05) is 0 Å². The smallest absolute Gasteiger partial charge is 0.387 e. The average molecular weight is 240 g/mol. The quantitative estimate of drug-likeness (QED) is 0.449. The highest BCUT2D eigenvalue weighted by atomic mass is 32.1. The van der Waals surface area contributed by atoms with Gasteiger partial charge in [0, 0.05) is 12.9 Å². The third-order valence-electron chi connectivity index (χ3n) is 1.11. The number of furan rings is 1. The number of hydrogen-bond acceptors (Lipinski definition) is 7. The zero-order chi connectivity index (χ0) is 9.30. The molecule has 1 heterocycles. The molecule has 0 saturated heterocycles. The van der Waals surface area contributed by atoms with E-state index in [1.165, 1.54) is 0 Å². The lowest BCUT2D eigenvalue weighted by Crippen LogP contribution is -1.96.